The zero-order valence-electron chi connectivity index (χ0n) is 12.3. The standard InChI is InChI=1S/C13H23N5O3/c1-7(2)6-8-10(15)17-13(18-11(8)19)16-5-3-4-9(14)12(20)21/h7,9H,3-6,14H2,1-2H3,(H,20,21)(H4,15,16,17,18,19)/t9-/m1/s1. The van der Waals surface area contributed by atoms with E-state index in [0.717, 1.165) is 0 Å². The summed E-state index contributed by atoms with van der Waals surface area (Å²) in [6.45, 7) is 4.44. The third-order valence-corrected chi connectivity index (χ3v) is 2.96. The quantitative estimate of drug-likeness (QED) is 0.429. The summed E-state index contributed by atoms with van der Waals surface area (Å²) in [6.07, 6.45) is 1.46. The number of aromatic amines is 1. The van der Waals surface area contributed by atoms with E-state index in [2.05, 4.69) is 15.3 Å². The molecular weight excluding hydrogens is 274 g/mol. The van der Waals surface area contributed by atoms with E-state index in [4.69, 9.17) is 16.6 Å². The first-order valence-corrected chi connectivity index (χ1v) is 6.92. The first-order chi connectivity index (χ1) is 9.81. The predicted octanol–water partition coefficient (Wildman–Crippen LogP) is 0.155. The Labute approximate surface area is 123 Å². The third-order valence-electron chi connectivity index (χ3n) is 2.96. The average molecular weight is 297 g/mol. The SMILES string of the molecule is CC(C)Cc1c(N)nc(NCCC[C@@H](N)C(=O)O)[nH]c1=O. The molecule has 0 unspecified atom stereocenters. The van der Waals surface area contributed by atoms with Crippen molar-refractivity contribution < 1.29 is 9.90 Å². The molecule has 8 heteroatoms. The number of hydrogen-bond donors (Lipinski definition) is 5. The molecule has 7 N–H and O–H groups in total. The van der Waals surface area contributed by atoms with Crippen LogP contribution in [0.25, 0.3) is 0 Å². The molecule has 1 atom stereocenters. The molecule has 0 spiro atoms. The van der Waals surface area contributed by atoms with Gasteiger partial charge in [0, 0.05) is 6.54 Å². The zero-order valence-corrected chi connectivity index (χ0v) is 12.3. The number of aromatic nitrogens is 2. The Morgan fingerprint density at radius 3 is 2.67 bits per heavy atom. The fourth-order valence-corrected chi connectivity index (χ4v) is 1.86. The highest BCUT2D eigenvalue weighted by Crippen LogP contribution is 2.11. The number of rotatable bonds is 8. The second-order valence-corrected chi connectivity index (χ2v) is 5.39. The van der Waals surface area contributed by atoms with Gasteiger partial charge in [0.2, 0.25) is 5.95 Å². The summed E-state index contributed by atoms with van der Waals surface area (Å²) in [5.41, 5.74) is 11.4. The van der Waals surface area contributed by atoms with E-state index >= 15 is 0 Å². The number of carboxylic acid groups (broad SMARTS) is 1. The summed E-state index contributed by atoms with van der Waals surface area (Å²) in [5, 5.41) is 11.6. The lowest BCUT2D eigenvalue weighted by molar-refractivity contribution is -0.138. The lowest BCUT2D eigenvalue weighted by Crippen LogP contribution is -2.30. The summed E-state index contributed by atoms with van der Waals surface area (Å²) in [5.74, 6) is -0.207. The van der Waals surface area contributed by atoms with Crippen LogP contribution in [0.5, 0.6) is 0 Å². The van der Waals surface area contributed by atoms with Gasteiger partial charge in [-0.25, -0.2) is 0 Å². The van der Waals surface area contributed by atoms with E-state index in [1.807, 2.05) is 13.8 Å². The van der Waals surface area contributed by atoms with Gasteiger partial charge in [0.1, 0.15) is 11.9 Å². The van der Waals surface area contributed by atoms with Gasteiger partial charge >= 0.3 is 5.97 Å². The normalized spacial score (nSPS) is 12.4. The minimum atomic E-state index is -1.02. The number of aliphatic carboxylic acids is 1. The highest BCUT2D eigenvalue weighted by atomic mass is 16.4. The molecule has 0 aliphatic carbocycles. The molecule has 0 bridgehead atoms. The smallest absolute Gasteiger partial charge is 0.320 e. The highest BCUT2D eigenvalue weighted by Gasteiger charge is 2.12. The molecule has 0 aromatic carbocycles. The number of hydrogen-bond acceptors (Lipinski definition) is 6. The number of carbonyl (C=O) groups is 1. The molecule has 0 aliphatic rings. The first kappa shape index (κ1) is 17.0. The molecule has 0 aliphatic heterocycles. The maximum absolute atomic E-state index is 11.9. The summed E-state index contributed by atoms with van der Waals surface area (Å²) in [6, 6.07) is -0.878. The second-order valence-electron chi connectivity index (χ2n) is 5.39. The van der Waals surface area contributed by atoms with Crippen LogP contribution in [0.15, 0.2) is 4.79 Å². The van der Waals surface area contributed by atoms with Crippen LogP contribution in [0.2, 0.25) is 0 Å². The van der Waals surface area contributed by atoms with Gasteiger partial charge in [0.25, 0.3) is 5.56 Å². The lowest BCUT2D eigenvalue weighted by Gasteiger charge is -2.10. The van der Waals surface area contributed by atoms with Gasteiger partial charge in [0.15, 0.2) is 0 Å². The van der Waals surface area contributed by atoms with Gasteiger partial charge < -0.3 is 21.9 Å². The van der Waals surface area contributed by atoms with Crippen molar-refractivity contribution in [3.05, 3.63) is 15.9 Å². The van der Waals surface area contributed by atoms with E-state index in [1.54, 1.807) is 0 Å². The molecule has 1 aromatic rings. The van der Waals surface area contributed by atoms with E-state index in [1.165, 1.54) is 0 Å². The van der Waals surface area contributed by atoms with Crippen molar-refractivity contribution >= 4 is 17.7 Å². The Morgan fingerprint density at radius 1 is 1.48 bits per heavy atom. The monoisotopic (exact) mass is 297 g/mol. The predicted molar refractivity (Wildman–Crippen MR) is 81.1 cm³/mol. The lowest BCUT2D eigenvalue weighted by atomic mass is 10.1. The van der Waals surface area contributed by atoms with Crippen molar-refractivity contribution in [3.8, 4) is 0 Å². The molecule has 1 rings (SSSR count). The van der Waals surface area contributed by atoms with Crippen molar-refractivity contribution in [3.63, 3.8) is 0 Å². The molecule has 0 saturated carbocycles. The van der Waals surface area contributed by atoms with Crippen LogP contribution >= 0.6 is 0 Å². The number of nitrogen functional groups attached to an aromatic ring is 1. The topological polar surface area (TPSA) is 147 Å². The van der Waals surface area contributed by atoms with Crippen LogP contribution in [-0.4, -0.2) is 33.6 Å². The summed E-state index contributed by atoms with van der Waals surface area (Å²) in [4.78, 5) is 29.2. The van der Waals surface area contributed by atoms with Gasteiger partial charge in [-0.15, -0.1) is 0 Å². The van der Waals surface area contributed by atoms with E-state index in [9.17, 15) is 9.59 Å². The summed E-state index contributed by atoms with van der Waals surface area (Å²) < 4.78 is 0. The highest BCUT2D eigenvalue weighted by molar-refractivity contribution is 5.72. The fraction of sp³-hybridized carbons (Fsp3) is 0.615. The molecule has 118 valence electrons. The Balaban J connectivity index is 2.58. The van der Waals surface area contributed by atoms with Crippen LogP contribution in [0, 0.1) is 5.92 Å². The van der Waals surface area contributed by atoms with Crippen molar-refractivity contribution in [1.29, 1.82) is 0 Å². The molecule has 0 fully saturated rings. The van der Waals surface area contributed by atoms with Gasteiger partial charge in [-0.3, -0.25) is 14.6 Å². The average Bonchev–Trinajstić information content (AvgIpc) is 2.38. The third kappa shape index (κ3) is 5.42. The van der Waals surface area contributed by atoms with Crippen LogP contribution in [0.3, 0.4) is 0 Å². The van der Waals surface area contributed by atoms with Gasteiger partial charge in [-0.2, -0.15) is 4.98 Å². The van der Waals surface area contributed by atoms with Crippen LogP contribution in [0.4, 0.5) is 11.8 Å². The second kappa shape index (κ2) is 7.63. The molecule has 8 nitrogen and oxygen atoms in total. The first-order valence-electron chi connectivity index (χ1n) is 6.92. The Bertz CT molecular complexity index is 541. The maximum atomic E-state index is 11.9. The molecule has 0 amide bonds. The van der Waals surface area contributed by atoms with Gasteiger partial charge in [-0.05, 0) is 25.2 Å². The Morgan fingerprint density at radius 2 is 2.14 bits per heavy atom. The largest absolute Gasteiger partial charge is 0.480 e. The van der Waals surface area contributed by atoms with Crippen molar-refractivity contribution in [1.82, 2.24) is 9.97 Å². The Kier molecular flexibility index (Phi) is 6.16. The van der Waals surface area contributed by atoms with E-state index in [-0.39, 0.29) is 17.3 Å². The molecule has 1 aromatic heterocycles. The van der Waals surface area contributed by atoms with Crippen molar-refractivity contribution in [2.24, 2.45) is 11.7 Å². The van der Waals surface area contributed by atoms with Crippen LogP contribution < -0.4 is 22.3 Å². The molecule has 0 saturated heterocycles. The minimum absolute atomic E-state index is 0.220. The van der Waals surface area contributed by atoms with Crippen molar-refractivity contribution in [2.75, 3.05) is 17.6 Å². The summed E-state index contributed by atoms with van der Waals surface area (Å²) in [7, 11) is 0. The maximum Gasteiger partial charge on any atom is 0.320 e. The number of nitrogens with zero attached hydrogens (tertiary/aromatic N) is 1. The number of nitrogens with one attached hydrogen (secondary N) is 2. The minimum Gasteiger partial charge on any atom is -0.480 e. The van der Waals surface area contributed by atoms with Crippen LogP contribution in [-0.2, 0) is 11.2 Å². The van der Waals surface area contributed by atoms with Crippen molar-refractivity contribution in [2.45, 2.75) is 39.2 Å². The van der Waals surface area contributed by atoms with Gasteiger partial charge in [-0.1, -0.05) is 13.8 Å². The van der Waals surface area contributed by atoms with Gasteiger partial charge in [0.05, 0.1) is 5.56 Å². The van der Waals surface area contributed by atoms with E-state index in [0.29, 0.717) is 37.3 Å². The number of anilines is 2. The van der Waals surface area contributed by atoms with Crippen LogP contribution in [0.1, 0.15) is 32.3 Å². The number of nitrogens with two attached hydrogens (primary N) is 2. The molecule has 0 radical (unpaired) electrons. The number of carboxylic acids is 1. The molecule has 21 heavy (non-hydrogen) atoms. The fourth-order valence-electron chi connectivity index (χ4n) is 1.86. The molecule has 1 heterocycles. The Hall–Kier alpha value is -2.09. The zero-order chi connectivity index (χ0) is 16.0. The summed E-state index contributed by atoms with van der Waals surface area (Å²) >= 11 is 0. The molecular formula is C13H23N5O3. The number of H-pyrrole nitrogens is 1. The van der Waals surface area contributed by atoms with E-state index < -0.39 is 12.0 Å².